The van der Waals surface area contributed by atoms with Gasteiger partial charge in [0.2, 0.25) is 6.79 Å². The van der Waals surface area contributed by atoms with E-state index in [1.54, 1.807) is 42.5 Å². The van der Waals surface area contributed by atoms with Gasteiger partial charge >= 0.3 is 5.97 Å². The van der Waals surface area contributed by atoms with Gasteiger partial charge in [-0.05, 0) is 35.9 Å². The van der Waals surface area contributed by atoms with E-state index < -0.39 is 23.7 Å². The predicted molar refractivity (Wildman–Crippen MR) is 127 cm³/mol. The second kappa shape index (κ2) is 10.00. The lowest BCUT2D eigenvalue weighted by atomic mass is 9.94. The Bertz CT molecular complexity index is 1220. The predicted octanol–water partition coefficient (Wildman–Crippen LogP) is 1.96. The SMILES string of the molecule is COC(=O)c1ccc(C2/C(=C(\O)c3ccc4c(c3)OCO4)C(=O)C(=O)N2CCN2CCOCC2)cc1. The van der Waals surface area contributed by atoms with Crippen molar-refractivity contribution in [1.29, 1.82) is 0 Å². The molecular formula is C26H26N2O8. The summed E-state index contributed by atoms with van der Waals surface area (Å²) in [5.41, 5.74) is 1.24. The minimum atomic E-state index is -0.830. The molecule has 0 aliphatic carbocycles. The highest BCUT2D eigenvalue weighted by Crippen LogP contribution is 2.41. The summed E-state index contributed by atoms with van der Waals surface area (Å²) in [6, 6.07) is 10.5. The third-order valence-electron chi connectivity index (χ3n) is 6.59. The van der Waals surface area contributed by atoms with E-state index in [4.69, 9.17) is 18.9 Å². The van der Waals surface area contributed by atoms with Crippen LogP contribution in [0.3, 0.4) is 0 Å². The van der Waals surface area contributed by atoms with Gasteiger partial charge in [0.15, 0.2) is 11.5 Å². The number of esters is 1. The molecule has 2 aromatic rings. The van der Waals surface area contributed by atoms with E-state index in [-0.39, 0.29) is 24.7 Å². The maximum atomic E-state index is 13.2. The van der Waals surface area contributed by atoms with E-state index in [1.165, 1.54) is 12.0 Å². The van der Waals surface area contributed by atoms with Crippen molar-refractivity contribution in [3.8, 4) is 11.5 Å². The number of amides is 1. The number of morpholine rings is 1. The van der Waals surface area contributed by atoms with Gasteiger partial charge in [0.05, 0.1) is 37.5 Å². The van der Waals surface area contributed by atoms with E-state index in [0.29, 0.717) is 47.9 Å². The molecule has 1 amide bonds. The zero-order chi connectivity index (χ0) is 25.2. The van der Waals surface area contributed by atoms with Gasteiger partial charge in [0.1, 0.15) is 5.76 Å². The molecule has 0 bridgehead atoms. The normalized spacial score (nSPS) is 21.1. The van der Waals surface area contributed by atoms with Crippen LogP contribution in [0, 0.1) is 0 Å². The van der Waals surface area contributed by atoms with Crippen LogP contribution in [-0.4, -0.2) is 85.9 Å². The van der Waals surface area contributed by atoms with Crippen molar-refractivity contribution in [3.05, 3.63) is 64.7 Å². The van der Waals surface area contributed by atoms with E-state index >= 15 is 0 Å². The maximum Gasteiger partial charge on any atom is 0.337 e. The molecule has 0 spiro atoms. The molecule has 5 rings (SSSR count). The summed E-state index contributed by atoms with van der Waals surface area (Å²) in [6.07, 6.45) is 0. The number of nitrogens with zero attached hydrogens (tertiary/aromatic N) is 2. The van der Waals surface area contributed by atoms with Gasteiger partial charge < -0.3 is 29.0 Å². The summed E-state index contributed by atoms with van der Waals surface area (Å²) in [5.74, 6) is -1.28. The summed E-state index contributed by atoms with van der Waals surface area (Å²) < 4.78 is 20.9. The zero-order valence-corrected chi connectivity index (χ0v) is 19.8. The summed E-state index contributed by atoms with van der Waals surface area (Å²) in [4.78, 5) is 42.0. The molecule has 3 heterocycles. The number of likely N-dealkylation sites (tertiary alicyclic amines) is 1. The number of hydrogen-bond acceptors (Lipinski definition) is 9. The Morgan fingerprint density at radius 3 is 2.42 bits per heavy atom. The van der Waals surface area contributed by atoms with Crippen molar-refractivity contribution in [2.24, 2.45) is 0 Å². The molecule has 1 N–H and O–H groups in total. The molecule has 0 aromatic heterocycles. The summed E-state index contributed by atoms with van der Waals surface area (Å²) in [6.45, 7) is 3.60. The number of ketones is 1. The van der Waals surface area contributed by atoms with Crippen molar-refractivity contribution >= 4 is 23.4 Å². The second-order valence-electron chi connectivity index (χ2n) is 8.63. The number of carbonyl (C=O) groups excluding carboxylic acids is 3. The van der Waals surface area contributed by atoms with Gasteiger partial charge in [-0.1, -0.05) is 12.1 Å². The molecule has 188 valence electrons. The van der Waals surface area contributed by atoms with Gasteiger partial charge in [-0.2, -0.15) is 0 Å². The van der Waals surface area contributed by atoms with E-state index in [0.717, 1.165) is 13.1 Å². The van der Waals surface area contributed by atoms with Crippen LogP contribution in [-0.2, 0) is 19.1 Å². The number of benzene rings is 2. The molecule has 36 heavy (non-hydrogen) atoms. The average molecular weight is 495 g/mol. The zero-order valence-electron chi connectivity index (χ0n) is 19.8. The lowest BCUT2D eigenvalue weighted by molar-refractivity contribution is -0.140. The Balaban J connectivity index is 1.53. The highest BCUT2D eigenvalue weighted by atomic mass is 16.7. The standard InChI is InChI=1S/C26H26N2O8/c1-33-26(32)17-4-2-16(3-5-17)22-21(23(29)18-6-7-19-20(14-18)36-15-35-19)24(30)25(31)28(22)9-8-27-10-12-34-13-11-27/h2-7,14,22,29H,8-13,15H2,1H3/b23-21+. The second-order valence-corrected chi connectivity index (χ2v) is 8.63. The van der Waals surface area contributed by atoms with Crippen molar-refractivity contribution < 1.29 is 38.4 Å². The Kier molecular flexibility index (Phi) is 6.62. The Morgan fingerprint density at radius 2 is 1.69 bits per heavy atom. The fourth-order valence-electron chi connectivity index (χ4n) is 4.65. The van der Waals surface area contributed by atoms with Gasteiger partial charge in [0.25, 0.3) is 11.7 Å². The quantitative estimate of drug-likeness (QED) is 0.279. The monoisotopic (exact) mass is 494 g/mol. The minimum Gasteiger partial charge on any atom is -0.507 e. The highest BCUT2D eigenvalue weighted by molar-refractivity contribution is 6.46. The Morgan fingerprint density at radius 1 is 1.00 bits per heavy atom. The van der Waals surface area contributed by atoms with Crippen molar-refractivity contribution in [2.75, 3.05) is 53.3 Å². The summed E-state index contributed by atoms with van der Waals surface area (Å²) in [7, 11) is 1.29. The lowest BCUT2D eigenvalue weighted by Gasteiger charge is -2.31. The van der Waals surface area contributed by atoms with Crippen LogP contribution in [0.1, 0.15) is 27.5 Å². The molecule has 0 radical (unpaired) electrons. The molecular weight excluding hydrogens is 468 g/mol. The van der Waals surface area contributed by atoms with Gasteiger partial charge in [0, 0.05) is 31.7 Å². The van der Waals surface area contributed by atoms with Crippen LogP contribution in [0.4, 0.5) is 0 Å². The first-order valence-corrected chi connectivity index (χ1v) is 11.6. The molecule has 1 unspecified atom stereocenters. The van der Waals surface area contributed by atoms with Crippen LogP contribution >= 0.6 is 0 Å². The van der Waals surface area contributed by atoms with Crippen LogP contribution in [0.25, 0.3) is 5.76 Å². The largest absolute Gasteiger partial charge is 0.507 e. The number of ether oxygens (including phenoxy) is 4. The first-order chi connectivity index (χ1) is 17.5. The molecule has 10 heteroatoms. The van der Waals surface area contributed by atoms with Gasteiger partial charge in [-0.25, -0.2) is 4.79 Å². The average Bonchev–Trinajstić information content (AvgIpc) is 3.49. The molecule has 0 saturated carbocycles. The molecule has 2 fully saturated rings. The molecule has 2 saturated heterocycles. The lowest BCUT2D eigenvalue weighted by Crippen LogP contribution is -2.42. The number of aliphatic hydroxyl groups excluding tert-OH is 1. The first-order valence-electron chi connectivity index (χ1n) is 11.6. The fourth-order valence-corrected chi connectivity index (χ4v) is 4.65. The van der Waals surface area contributed by atoms with Crippen LogP contribution < -0.4 is 9.47 Å². The third kappa shape index (κ3) is 4.40. The fraction of sp³-hybridized carbons (Fsp3) is 0.346. The van der Waals surface area contributed by atoms with Crippen LogP contribution in [0.15, 0.2) is 48.0 Å². The topological polar surface area (TPSA) is 115 Å². The highest BCUT2D eigenvalue weighted by Gasteiger charge is 2.46. The molecule has 1 atom stereocenters. The number of carbonyl (C=O) groups is 3. The number of fused-ring (bicyclic) bond motifs is 1. The maximum absolute atomic E-state index is 13.2. The van der Waals surface area contributed by atoms with Crippen molar-refractivity contribution in [3.63, 3.8) is 0 Å². The number of rotatable bonds is 6. The summed E-state index contributed by atoms with van der Waals surface area (Å²) in [5, 5.41) is 11.3. The molecule has 3 aliphatic heterocycles. The molecule has 10 nitrogen and oxygen atoms in total. The number of hydrogen-bond donors (Lipinski definition) is 1. The van der Waals surface area contributed by atoms with Gasteiger partial charge in [-0.3, -0.25) is 14.5 Å². The van der Waals surface area contributed by atoms with Gasteiger partial charge in [-0.15, -0.1) is 0 Å². The smallest absolute Gasteiger partial charge is 0.337 e. The number of methoxy groups -OCH3 is 1. The molecule has 2 aromatic carbocycles. The van der Waals surface area contributed by atoms with Crippen LogP contribution in [0.2, 0.25) is 0 Å². The number of aliphatic hydroxyl groups is 1. The Labute approximate surface area is 207 Å². The van der Waals surface area contributed by atoms with E-state index in [1.807, 2.05) is 0 Å². The van der Waals surface area contributed by atoms with E-state index in [9.17, 15) is 19.5 Å². The van der Waals surface area contributed by atoms with Crippen molar-refractivity contribution in [1.82, 2.24) is 9.80 Å². The van der Waals surface area contributed by atoms with Crippen LogP contribution in [0.5, 0.6) is 11.5 Å². The molecule has 3 aliphatic rings. The minimum absolute atomic E-state index is 0.0216. The third-order valence-corrected chi connectivity index (χ3v) is 6.59. The number of Topliss-reactive ketones (excluding diaryl/α,β-unsaturated/α-hetero) is 1. The summed E-state index contributed by atoms with van der Waals surface area (Å²) >= 11 is 0. The Hall–Kier alpha value is -3.89. The first kappa shape index (κ1) is 23.8. The van der Waals surface area contributed by atoms with E-state index in [2.05, 4.69) is 4.90 Å². The van der Waals surface area contributed by atoms with Crippen molar-refractivity contribution in [2.45, 2.75) is 6.04 Å².